The summed E-state index contributed by atoms with van der Waals surface area (Å²) in [6, 6.07) is 10.3. The molecule has 5 heteroatoms. The molecule has 1 aliphatic rings. The summed E-state index contributed by atoms with van der Waals surface area (Å²) in [5.41, 5.74) is 1.08. The third-order valence-corrected chi connectivity index (χ3v) is 2.98. The largest absolute Gasteiger partial charge is 0.391 e. The molecule has 4 nitrogen and oxygen atoms in total. The third kappa shape index (κ3) is 6.57. The van der Waals surface area contributed by atoms with E-state index in [4.69, 9.17) is 0 Å². The summed E-state index contributed by atoms with van der Waals surface area (Å²) in [5, 5.41) is 15.7. The summed E-state index contributed by atoms with van der Waals surface area (Å²) in [6.45, 7) is 0.656. The highest BCUT2D eigenvalue weighted by Gasteiger charge is 2.21. The zero-order valence-electron chi connectivity index (χ0n) is 10.8. The molecule has 1 fully saturated rings. The summed E-state index contributed by atoms with van der Waals surface area (Å²) in [5.74, 6) is -0.0472. The molecule has 0 radical (unpaired) electrons. The van der Waals surface area contributed by atoms with Gasteiger partial charge in [-0.2, -0.15) is 0 Å². The van der Waals surface area contributed by atoms with Crippen LogP contribution >= 0.6 is 12.4 Å². The Morgan fingerprint density at radius 1 is 1.32 bits per heavy atom. The van der Waals surface area contributed by atoms with Crippen LogP contribution in [0.2, 0.25) is 0 Å². The van der Waals surface area contributed by atoms with Gasteiger partial charge >= 0.3 is 0 Å². The zero-order valence-corrected chi connectivity index (χ0v) is 11.7. The number of benzene rings is 1. The first-order valence-corrected chi connectivity index (χ1v) is 6.46. The van der Waals surface area contributed by atoms with Gasteiger partial charge in [0.05, 0.1) is 12.6 Å². The Labute approximate surface area is 120 Å². The van der Waals surface area contributed by atoms with Gasteiger partial charge in [-0.3, -0.25) is 4.79 Å². The predicted molar refractivity (Wildman–Crippen MR) is 77.4 cm³/mol. The highest BCUT2D eigenvalue weighted by atomic mass is 35.5. The second-order valence-corrected chi connectivity index (χ2v) is 4.80. The van der Waals surface area contributed by atoms with E-state index in [2.05, 4.69) is 10.6 Å². The Bertz CT molecular complexity index is 382. The molecule has 3 N–H and O–H groups in total. The third-order valence-electron chi connectivity index (χ3n) is 2.98. The summed E-state index contributed by atoms with van der Waals surface area (Å²) < 4.78 is 0. The minimum atomic E-state index is -0.530. The fraction of sp³-hybridized carbons (Fsp3) is 0.500. The van der Waals surface area contributed by atoms with Gasteiger partial charge in [0.1, 0.15) is 0 Å². The molecule has 0 bridgehead atoms. The highest BCUT2D eigenvalue weighted by Crippen LogP contribution is 2.17. The molecule has 1 aliphatic carbocycles. The minimum absolute atomic E-state index is 0. The maximum absolute atomic E-state index is 11.4. The van der Waals surface area contributed by atoms with Crippen LogP contribution in [-0.2, 0) is 11.2 Å². The summed E-state index contributed by atoms with van der Waals surface area (Å²) in [6.07, 6.45) is 2.38. The van der Waals surface area contributed by atoms with Crippen LogP contribution in [0.15, 0.2) is 30.3 Å². The van der Waals surface area contributed by atoms with E-state index in [9.17, 15) is 9.90 Å². The number of aliphatic hydroxyl groups excluding tert-OH is 1. The van der Waals surface area contributed by atoms with Crippen LogP contribution in [0.1, 0.15) is 18.4 Å². The Morgan fingerprint density at radius 3 is 2.63 bits per heavy atom. The average Bonchev–Trinajstić information content (AvgIpc) is 3.19. The van der Waals surface area contributed by atoms with Gasteiger partial charge in [0.15, 0.2) is 0 Å². The molecule has 0 saturated heterocycles. The van der Waals surface area contributed by atoms with E-state index in [0.29, 0.717) is 25.6 Å². The Balaban J connectivity index is 0.00000180. The first-order valence-electron chi connectivity index (χ1n) is 6.46. The van der Waals surface area contributed by atoms with Crippen molar-refractivity contribution in [2.45, 2.75) is 31.4 Å². The number of aliphatic hydroxyl groups is 1. The molecule has 106 valence electrons. The van der Waals surface area contributed by atoms with Gasteiger partial charge in [-0.1, -0.05) is 30.3 Å². The van der Waals surface area contributed by atoms with Crippen molar-refractivity contribution in [3.05, 3.63) is 35.9 Å². The fourth-order valence-electron chi connectivity index (χ4n) is 1.78. The van der Waals surface area contributed by atoms with E-state index in [1.807, 2.05) is 30.3 Å². The quantitative estimate of drug-likeness (QED) is 0.697. The molecular formula is C14H21ClN2O2. The normalized spacial score (nSPS) is 15.4. The first kappa shape index (κ1) is 16.0. The van der Waals surface area contributed by atoms with Crippen molar-refractivity contribution < 1.29 is 9.90 Å². The molecule has 0 aliphatic heterocycles. The van der Waals surface area contributed by atoms with E-state index in [1.54, 1.807) is 0 Å². The van der Waals surface area contributed by atoms with E-state index >= 15 is 0 Å². The smallest absolute Gasteiger partial charge is 0.234 e. The van der Waals surface area contributed by atoms with Crippen molar-refractivity contribution in [3.63, 3.8) is 0 Å². The van der Waals surface area contributed by atoms with Crippen LogP contribution in [0.25, 0.3) is 0 Å². The number of carbonyl (C=O) groups excluding carboxylic acids is 1. The van der Waals surface area contributed by atoms with Crippen LogP contribution in [0.4, 0.5) is 0 Å². The van der Waals surface area contributed by atoms with Gasteiger partial charge in [0, 0.05) is 19.0 Å². The molecule has 1 unspecified atom stereocenters. The van der Waals surface area contributed by atoms with E-state index in [1.165, 1.54) is 12.8 Å². The van der Waals surface area contributed by atoms with Crippen molar-refractivity contribution in [1.82, 2.24) is 10.6 Å². The number of rotatable bonds is 7. The second kappa shape index (κ2) is 8.15. The van der Waals surface area contributed by atoms with Crippen molar-refractivity contribution in [3.8, 4) is 0 Å². The minimum Gasteiger partial charge on any atom is -0.391 e. The fourth-order valence-corrected chi connectivity index (χ4v) is 1.78. The lowest BCUT2D eigenvalue weighted by atomic mass is 10.1. The standard InChI is InChI=1S/C14H20N2O2.ClH/c17-13(8-11-4-2-1-3-5-11)9-16-14(18)10-15-12-6-7-12;/h1-5,12-13,15,17H,6-10H2,(H,16,18);1H. The van der Waals surface area contributed by atoms with E-state index in [-0.39, 0.29) is 18.3 Å². The number of amides is 1. The van der Waals surface area contributed by atoms with E-state index in [0.717, 1.165) is 5.56 Å². The second-order valence-electron chi connectivity index (χ2n) is 4.80. The maximum Gasteiger partial charge on any atom is 0.234 e. The number of hydrogen-bond acceptors (Lipinski definition) is 3. The Morgan fingerprint density at radius 2 is 2.00 bits per heavy atom. The predicted octanol–water partition coefficient (Wildman–Crippen LogP) is 0.880. The number of hydrogen-bond donors (Lipinski definition) is 3. The maximum atomic E-state index is 11.4. The topological polar surface area (TPSA) is 61.4 Å². The number of nitrogens with one attached hydrogen (secondary N) is 2. The van der Waals surface area contributed by atoms with Gasteiger partial charge in [-0.05, 0) is 18.4 Å². The van der Waals surface area contributed by atoms with Gasteiger partial charge in [0.25, 0.3) is 0 Å². The summed E-state index contributed by atoms with van der Waals surface area (Å²) in [4.78, 5) is 11.4. The molecule has 1 atom stereocenters. The molecule has 0 spiro atoms. The summed E-state index contributed by atoms with van der Waals surface area (Å²) in [7, 11) is 0. The van der Waals surface area contributed by atoms with E-state index < -0.39 is 6.10 Å². The van der Waals surface area contributed by atoms with Gasteiger partial charge in [0.2, 0.25) is 5.91 Å². The SMILES string of the molecule is Cl.O=C(CNC1CC1)NCC(O)Cc1ccccc1. The van der Waals surface area contributed by atoms with Crippen molar-refractivity contribution in [1.29, 1.82) is 0 Å². The molecular weight excluding hydrogens is 264 g/mol. The number of carbonyl (C=O) groups is 1. The van der Waals surface area contributed by atoms with Crippen molar-refractivity contribution in [2.24, 2.45) is 0 Å². The van der Waals surface area contributed by atoms with Crippen molar-refractivity contribution in [2.75, 3.05) is 13.1 Å². The Hall–Kier alpha value is -1.10. The van der Waals surface area contributed by atoms with Crippen molar-refractivity contribution >= 4 is 18.3 Å². The molecule has 0 aromatic heterocycles. The first-order chi connectivity index (χ1) is 8.74. The van der Waals surface area contributed by atoms with Crippen LogP contribution in [-0.4, -0.2) is 36.2 Å². The highest BCUT2D eigenvalue weighted by molar-refractivity contribution is 5.85. The van der Waals surface area contributed by atoms with Gasteiger partial charge in [-0.15, -0.1) is 12.4 Å². The molecule has 1 aromatic rings. The number of halogens is 1. The molecule has 2 rings (SSSR count). The monoisotopic (exact) mass is 284 g/mol. The molecule has 1 saturated carbocycles. The van der Waals surface area contributed by atoms with Crippen LogP contribution in [0, 0.1) is 0 Å². The molecule has 0 heterocycles. The zero-order chi connectivity index (χ0) is 12.8. The van der Waals surface area contributed by atoms with Crippen LogP contribution in [0.3, 0.4) is 0 Å². The Kier molecular flexibility index (Phi) is 6.84. The van der Waals surface area contributed by atoms with Gasteiger partial charge in [-0.25, -0.2) is 0 Å². The van der Waals surface area contributed by atoms with Crippen LogP contribution < -0.4 is 10.6 Å². The molecule has 1 amide bonds. The molecule has 1 aromatic carbocycles. The average molecular weight is 285 g/mol. The molecule has 19 heavy (non-hydrogen) atoms. The lowest BCUT2D eigenvalue weighted by Crippen LogP contribution is -2.39. The lowest BCUT2D eigenvalue weighted by Gasteiger charge is -2.12. The van der Waals surface area contributed by atoms with Crippen LogP contribution in [0.5, 0.6) is 0 Å². The lowest BCUT2D eigenvalue weighted by molar-refractivity contribution is -0.120. The summed E-state index contributed by atoms with van der Waals surface area (Å²) >= 11 is 0. The van der Waals surface area contributed by atoms with Gasteiger partial charge < -0.3 is 15.7 Å².